The molecule has 1 aliphatic rings. The molecule has 0 spiro atoms. The average molecular weight is 256 g/mol. The second kappa shape index (κ2) is 5.17. The zero-order valence-corrected chi connectivity index (χ0v) is 10.5. The number of benzene rings is 1. The minimum Gasteiger partial charge on any atom is -0.194 e. The minimum atomic E-state index is -4.41. The summed E-state index contributed by atoms with van der Waals surface area (Å²) in [5.74, 6) is 0.0811. The van der Waals surface area contributed by atoms with Crippen molar-refractivity contribution < 1.29 is 12.3 Å². The lowest BCUT2D eigenvalue weighted by molar-refractivity contribution is 0.443. The fourth-order valence-corrected chi connectivity index (χ4v) is 3.11. The van der Waals surface area contributed by atoms with Crippen molar-refractivity contribution in [2.75, 3.05) is 0 Å². The summed E-state index contributed by atoms with van der Waals surface area (Å²) in [6.07, 6.45) is 6.27. The number of rotatable bonds is 3. The van der Waals surface area contributed by atoms with Gasteiger partial charge in [0, 0.05) is 0 Å². The summed E-state index contributed by atoms with van der Waals surface area (Å²) >= 11 is 0. The molecule has 4 heteroatoms. The molecule has 0 heterocycles. The summed E-state index contributed by atoms with van der Waals surface area (Å²) in [5, 5.41) is 0. The van der Waals surface area contributed by atoms with Crippen LogP contribution in [0.15, 0.2) is 24.3 Å². The Bertz CT molecular complexity index is 459. The largest absolute Gasteiger partial charge is 0.306 e. The highest BCUT2D eigenvalue weighted by Gasteiger charge is 2.15. The first-order chi connectivity index (χ1) is 8.04. The molecule has 1 aromatic rings. The molecule has 0 atom stereocenters. The first-order valence-electron chi connectivity index (χ1n) is 6.06. The second-order valence-electron chi connectivity index (χ2n) is 4.76. The highest BCUT2D eigenvalue weighted by Crippen LogP contribution is 2.32. The van der Waals surface area contributed by atoms with E-state index < -0.39 is 16.0 Å². The molecular formula is C13H17FO2S. The van der Waals surface area contributed by atoms with Gasteiger partial charge in [-0.05, 0) is 29.9 Å². The molecule has 1 fully saturated rings. The summed E-state index contributed by atoms with van der Waals surface area (Å²) in [5.41, 5.74) is 1.77. The third-order valence-corrected chi connectivity index (χ3v) is 4.07. The quantitative estimate of drug-likeness (QED) is 0.775. The molecule has 0 saturated heterocycles. The summed E-state index contributed by atoms with van der Waals surface area (Å²) in [4.78, 5) is 0. The van der Waals surface area contributed by atoms with Gasteiger partial charge in [0.05, 0.1) is 0 Å². The third-order valence-electron chi connectivity index (χ3n) is 3.40. The van der Waals surface area contributed by atoms with Crippen LogP contribution in [-0.2, 0) is 16.0 Å². The van der Waals surface area contributed by atoms with Crippen molar-refractivity contribution in [1.29, 1.82) is 0 Å². The zero-order valence-electron chi connectivity index (χ0n) is 9.73. The van der Waals surface area contributed by atoms with Gasteiger partial charge in [0.15, 0.2) is 0 Å². The molecule has 0 aromatic heterocycles. The lowest BCUT2D eigenvalue weighted by atomic mass is 9.84. The second-order valence-corrected chi connectivity index (χ2v) is 6.13. The monoisotopic (exact) mass is 256 g/mol. The van der Waals surface area contributed by atoms with E-state index in [1.165, 1.54) is 37.7 Å². The van der Waals surface area contributed by atoms with Gasteiger partial charge >= 0.3 is 10.2 Å². The van der Waals surface area contributed by atoms with Crippen LogP contribution in [0.1, 0.15) is 49.1 Å². The maximum absolute atomic E-state index is 12.5. The Morgan fingerprint density at radius 2 is 1.65 bits per heavy atom. The lowest BCUT2D eigenvalue weighted by Gasteiger charge is -2.22. The van der Waals surface area contributed by atoms with Crippen LogP contribution in [0.3, 0.4) is 0 Å². The maximum atomic E-state index is 12.5. The predicted molar refractivity (Wildman–Crippen MR) is 66.0 cm³/mol. The minimum absolute atomic E-state index is 0.516. The highest BCUT2D eigenvalue weighted by atomic mass is 32.3. The SMILES string of the molecule is O=S(=O)(F)Cc1ccc(C2CCCCC2)cc1. The highest BCUT2D eigenvalue weighted by molar-refractivity contribution is 7.85. The van der Waals surface area contributed by atoms with Gasteiger partial charge in [-0.25, -0.2) is 0 Å². The van der Waals surface area contributed by atoms with Gasteiger partial charge in [-0.1, -0.05) is 43.5 Å². The Labute approximate surface area is 102 Å². The van der Waals surface area contributed by atoms with Gasteiger partial charge in [0.1, 0.15) is 5.75 Å². The molecule has 0 radical (unpaired) electrons. The molecule has 0 aliphatic heterocycles. The van der Waals surface area contributed by atoms with Gasteiger partial charge in [0.2, 0.25) is 0 Å². The predicted octanol–water partition coefficient (Wildman–Crippen LogP) is 3.53. The Kier molecular flexibility index (Phi) is 3.82. The van der Waals surface area contributed by atoms with E-state index in [1.807, 2.05) is 12.1 Å². The Morgan fingerprint density at radius 1 is 1.06 bits per heavy atom. The van der Waals surface area contributed by atoms with Crippen LogP contribution in [0, 0.1) is 0 Å². The molecule has 1 saturated carbocycles. The molecule has 0 bridgehead atoms. The Balaban J connectivity index is 2.07. The summed E-state index contributed by atoms with van der Waals surface area (Å²) < 4.78 is 33.5. The normalized spacial score (nSPS) is 18.2. The van der Waals surface area contributed by atoms with Crippen molar-refractivity contribution in [3.63, 3.8) is 0 Å². The van der Waals surface area contributed by atoms with Gasteiger partial charge in [-0.2, -0.15) is 8.42 Å². The molecule has 2 rings (SSSR count). The molecule has 0 unspecified atom stereocenters. The maximum Gasteiger partial charge on any atom is 0.306 e. The standard InChI is InChI=1S/C13H17FO2S/c14-17(15,16)10-11-6-8-13(9-7-11)12-4-2-1-3-5-12/h6-9,12H,1-5,10H2. The molecular weight excluding hydrogens is 239 g/mol. The Morgan fingerprint density at radius 3 is 2.18 bits per heavy atom. The van der Waals surface area contributed by atoms with Crippen LogP contribution in [0.4, 0.5) is 3.89 Å². The molecule has 1 aliphatic carbocycles. The van der Waals surface area contributed by atoms with E-state index in [-0.39, 0.29) is 0 Å². The van der Waals surface area contributed by atoms with Crippen molar-refractivity contribution in [2.24, 2.45) is 0 Å². The number of hydrogen-bond donors (Lipinski definition) is 0. The topological polar surface area (TPSA) is 34.1 Å². The lowest BCUT2D eigenvalue weighted by Crippen LogP contribution is -2.04. The van der Waals surface area contributed by atoms with Gasteiger partial charge in [0.25, 0.3) is 0 Å². The van der Waals surface area contributed by atoms with Crippen molar-refractivity contribution in [3.8, 4) is 0 Å². The van der Waals surface area contributed by atoms with E-state index in [9.17, 15) is 12.3 Å². The average Bonchev–Trinajstić information content (AvgIpc) is 2.29. The molecule has 1 aromatic carbocycles. The first kappa shape index (κ1) is 12.6. The molecule has 2 nitrogen and oxygen atoms in total. The third kappa shape index (κ3) is 3.80. The molecule has 94 valence electrons. The van der Waals surface area contributed by atoms with Crippen molar-refractivity contribution in [3.05, 3.63) is 35.4 Å². The number of hydrogen-bond acceptors (Lipinski definition) is 2. The van der Waals surface area contributed by atoms with Crippen LogP contribution >= 0.6 is 0 Å². The zero-order chi connectivity index (χ0) is 12.3. The van der Waals surface area contributed by atoms with Crippen LogP contribution in [0.2, 0.25) is 0 Å². The van der Waals surface area contributed by atoms with E-state index in [2.05, 4.69) is 0 Å². The van der Waals surface area contributed by atoms with Gasteiger partial charge in [-0.15, -0.1) is 3.89 Å². The first-order valence-corrected chi connectivity index (χ1v) is 7.61. The molecule has 0 amide bonds. The van der Waals surface area contributed by atoms with E-state index in [1.54, 1.807) is 12.1 Å². The summed E-state index contributed by atoms with van der Waals surface area (Å²) in [6, 6.07) is 7.33. The van der Waals surface area contributed by atoms with Gasteiger partial charge in [-0.3, -0.25) is 0 Å². The fraction of sp³-hybridized carbons (Fsp3) is 0.538. The van der Waals surface area contributed by atoms with Crippen LogP contribution in [0.25, 0.3) is 0 Å². The fourth-order valence-electron chi connectivity index (χ4n) is 2.52. The van der Waals surface area contributed by atoms with Crippen molar-refractivity contribution >= 4 is 10.2 Å². The van der Waals surface area contributed by atoms with Crippen LogP contribution in [0.5, 0.6) is 0 Å². The van der Waals surface area contributed by atoms with E-state index in [4.69, 9.17) is 0 Å². The van der Waals surface area contributed by atoms with E-state index in [0.717, 1.165) is 0 Å². The Hall–Kier alpha value is -0.900. The van der Waals surface area contributed by atoms with E-state index in [0.29, 0.717) is 11.5 Å². The summed E-state index contributed by atoms with van der Waals surface area (Å²) in [6.45, 7) is 0. The van der Waals surface area contributed by atoms with Crippen LogP contribution < -0.4 is 0 Å². The number of halogens is 1. The van der Waals surface area contributed by atoms with Crippen LogP contribution in [-0.4, -0.2) is 8.42 Å². The molecule has 17 heavy (non-hydrogen) atoms. The van der Waals surface area contributed by atoms with E-state index >= 15 is 0 Å². The molecule has 0 N–H and O–H groups in total. The van der Waals surface area contributed by atoms with Crippen molar-refractivity contribution in [1.82, 2.24) is 0 Å². The van der Waals surface area contributed by atoms with Crippen molar-refractivity contribution in [2.45, 2.75) is 43.8 Å². The van der Waals surface area contributed by atoms with Gasteiger partial charge < -0.3 is 0 Å². The smallest absolute Gasteiger partial charge is 0.194 e. The summed E-state index contributed by atoms with van der Waals surface area (Å²) in [7, 11) is -4.41.